The van der Waals surface area contributed by atoms with Gasteiger partial charge in [-0.3, -0.25) is 25.0 Å². The molecule has 4 aliphatic heterocycles. The Balaban J connectivity index is 1.22. The minimum atomic E-state index is -0.549. The van der Waals surface area contributed by atoms with Gasteiger partial charge < -0.3 is 19.3 Å². The van der Waals surface area contributed by atoms with E-state index in [1.54, 1.807) is 12.4 Å². The molecule has 2 fully saturated rings. The summed E-state index contributed by atoms with van der Waals surface area (Å²) in [6.07, 6.45) is 5.39. The first kappa shape index (κ1) is 23.2. The van der Waals surface area contributed by atoms with E-state index < -0.39 is 5.54 Å². The highest BCUT2D eigenvalue weighted by Crippen LogP contribution is 2.37. The van der Waals surface area contributed by atoms with Crippen LogP contribution in [0.15, 0.2) is 52.7 Å². The van der Waals surface area contributed by atoms with Crippen molar-refractivity contribution in [2.24, 2.45) is 9.98 Å². The Morgan fingerprint density at radius 3 is 2.74 bits per heavy atom. The highest BCUT2D eigenvalue weighted by Gasteiger charge is 2.47. The van der Waals surface area contributed by atoms with Crippen LogP contribution in [0.2, 0.25) is 0 Å². The molecule has 0 radical (unpaired) electrons. The Morgan fingerprint density at radius 2 is 2.00 bits per heavy atom. The van der Waals surface area contributed by atoms with Crippen LogP contribution in [-0.2, 0) is 19.8 Å². The van der Waals surface area contributed by atoms with Crippen molar-refractivity contribution in [3.63, 3.8) is 0 Å². The quantitative estimate of drug-likeness (QED) is 0.675. The predicted molar refractivity (Wildman–Crippen MR) is 131 cm³/mol. The molecule has 4 unspecified atom stereocenters. The van der Waals surface area contributed by atoms with Gasteiger partial charge in [0.2, 0.25) is 5.91 Å². The molecule has 34 heavy (non-hydrogen) atoms. The first-order chi connectivity index (χ1) is 16.5. The molecule has 1 aromatic carbocycles. The first-order valence-electron chi connectivity index (χ1n) is 12.1. The van der Waals surface area contributed by atoms with Crippen LogP contribution < -0.4 is 5.32 Å². The number of nitrogens with zero attached hydrogens (tertiary/aromatic N) is 5. The van der Waals surface area contributed by atoms with Crippen molar-refractivity contribution in [1.82, 2.24) is 20.0 Å². The number of piperazine rings is 1. The molecule has 1 N–H and O–H groups in total. The second-order valence-corrected chi connectivity index (χ2v) is 9.45. The van der Waals surface area contributed by atoms with Crippen LogP contribution >= 0.6 is 0 Å². The molecule has 182 valence electrons. The SMILES string of the molecule is CC(NC1N2C=CN=CC2=NC1(C)c1ccccc1)C(=O)N1CCN(CC2COCCO2)CC1. The molecule has 2 saturated heterocycles. The number of carbonyl (C=O) groups is 1. The zero-order valence-electron chi connectivity index (χ0n) is 20.0. The molecule has 0 bridgehead atoms. The lowest BCUT2D eigenvalue weighted by atomic mass is 9.89. The molecule has 0 aromatic heterocycles. The van der Waals surface area contributed by atoms with Crippen molar-refractivity contribution < 1.29 is 14.3 Å². The van der Waals surface area contributed by atoms with E-state index in [-0.39, 0.29) is 24.2 Å². The first-order valence-corrected chi connectivity index (χ1v) is 12.1. The highest BCUT2D eigenvalue weighted by atomic mass is 16.6. The monoisotopic (exact) mass is 466 g/mol. The van der Waals surface area contributed by atoms with Crippen LogP contribution in [0.5, 0.6) is 0 Å². The molecule has 4 aliphatic rings. The molecular weight excluding hydrogens is 432 g/mol. The second kappa shape index (κ2) is 9.95. The Bertz CT molecular complexity index is 953. The third-order valence-electron chi connectivity index (χ3n) is 7.09. The molecule has 9 nitrogen and oxygen atoms in total. The Kier molecular flexibility index (Phi) is 6.78. The number of hydrogen-bond acceptors (Lipinski definition) is 8. The van der Waals surface area contributed by atoms with Crippen molar-refractivity contribution in [2.75, 3.05) is 52.5 Å². The second-order valence-electron chi connectivity index (χ2n) is 9.45. The topological polar surface area (TPSA) is 82.0 Å². The number of ether oxygens (including phenoxy) is 2. The molecule has 4 heterocycles. The maximum Gasteiger partial charge on any atom is 0.239 e. The summed E-state index contributed by atoms with van der Waals surface area (Å²) in [7, 11) is 0. The number of amidine groups is 1. The summed E-state index contributed by atoms with van der Waals surface area (Å²) in [5.41, 5.74) is 0.547. The molecule has 0 aliphatic carbocycles. The van der Waals surface area contributed by atoms with Crippen LogP contribution in [0.1, 0.15) is 19.4 Å². The summed E-state index contributed by atoms with van der Waals surface area (Å²) in [6, 6.07) is 9.88. The Morgan fingerprint density at radius 1 is 1.21 bits per heavy atom. The zero-order chi connectivity index (χ0) is 23.5. The van der Waals surface area contributed by atoms with Crippen LogP contribution in [-0.4, -0.2) is 104 Å². The molecule has 0 saturated carbocycles. The summed E-state index contributed by atoms with van der Waals surface area (Å²) < 4.78 is 11.3. The van der Waals surface area contributed by atoms with Crippen LogP contribution in [0.25, 0.3) is 0 Å². The van der Waals surface area contributed by atoms with Gasteiger partial charge in [-0.2, -0.15) is 0 Å². The van der Waals surface area contributed by atoms with Gasteiger partial charge in [0.25, 0.3) is 0 Å². The van der Waals surface area contributed by atoms with E-state index in [1.807, 2.05) is 36.2 Å². The van der Waals surface area contributed by atoms with Crippen molar-refractivity contribution in [1.29, 1.82) is 0 Å². The standard InChI is InChI=1S/C25H34N6O3/c1-19(23(32)30-12-10-29(11-13-30)17-21-18-33-14-15-34-21)27-24-25(2,20-6-4-3-5-7-20)28-22-16-26-8-9-31(22)24/h3-9,16,19,21,24,27H,10-15,17-18H2,1-2H3. The van der Waals surface area contributed by atoms with E-state index in [1.165, 1.54) is 0 Å². The lowest BCUT2D eigenvalue weighted by Crippen LogP contribution is -2.60. The van der Waals surface area contributed by atoms with Crippen molar-refractivity contribution in [2.45, 2.75) is 37.7 Å². The van der Waals surface area contributed by atoms with Gasteiger partial charge in [-0.15, -0.1) is 0 Å². The van der Waals surface area contributed by atoms with Gasteiger partial charge >= 0.3 is 0 Å². The van der Waals surface area contributed by atoms with Crippen molar-refractivity contribution in [3.8, 4) is 0 Å². The van der Waals surface area contributed by atoms with E-state index in [0.717, 1.165) is 44.1 Å². The van der Waals surface area contributed by atoms with Gasteiger partial charge in [0.15, 0.2) is 0 Å². The fraction of sp³-hybridized carbons (Fsp3) is 0.560. The number of rotatable bonds is 6. The Labute approximate surface area is 201 Å². The van der Waals surface area contributed by atoms with Gasteiger partial charge in [-0.05, 0) is 19.4 Å². The number of fused-ring (bicyclic) bond motifs is 1. The van der Waals surface area contributed by atoms with Crippen molar-refractivity contribution in [3.05, 3.63) is 48.3 Å². The lowest BCUT2D eigenvalue weighted by molar-refractivity contribution is -0.136. The van der Waals surface area contributed by atoms with E-state index in [9.17, 15) is 4.79 Å². The van der Waals surface area contributed by atoms with Crippen LogP contribution in [0, 0.1) is 0 Å². The largest absolute Gasteiger partial charge is 0.376 e. The molecule has 0 spiro atoms. The molecule has 4 atom stereocenters. The van der Waals surface area contributed by atoms with Gasteiger partial charge in [-0.25, -0.2) is 0 Å². The van der Waals surface area contributed by atoms with E-state index in [4.69, 9.17) is 14.5 Å². The minimum Gasteiger partial charge on any atom is -0.376 e. The lowest BCUT2D eigenvalue weighted by Gasteiger charge is -2.40. The van der Waals surface area contributed by atoms with Crippen LogP contribution in [0.3, 0.4) is 0 Å². The maximum absolute atomic E-state index is 13.4. The number of carbonyl (C=O) groups excluding carboxylic acids is 1. The van der Waals surface area contributed by atoms with E-state index in [2.05, 4.69) is 39.2 Å². The number of nitrogens with one attached hydrogen (secondary N) is 1. The summed E-state index contributed by atoms with van der Waals surface area (Å²) in [5.74, 6) is 0.920. The summed E-state index contributed by atoms with van der Waals surface area (Å²) in [6.45, 7) is 10.1. The fourth-order valence-corrected chi connectivity index (χ4v) is 5.14. The normalized spacial score (nSPS) is 30.2. The van der Waals surface area contributed by atoms with Gasteiger partial charge in [-0.1, -0.05) is 30.3 Å². The average molecular weight is 467 g/mol. The van der Waals surface area contributed by atoms with Gasteiger partial charge in [0.1, 0.15) is 17.5 Å². The number of hydrogen-bond donors (Lipinski definition) is 1. The number of benzene rings is 1. The fourth-order valence-electron chi connectivity index (χ4n) is 5.14. The highest BCUT2D eigenvalue weighted by molar-refractivity contribution is 6.31. The minimum absolute atomic E-state index is 0.121. The zero-order valence-corrected chi connectivity index (χ0v) is 20.0. The maximum atomic E-state index is 13.4. The molecule has 5 rings (SSSR count). The number of aliphatic imine (C=N–C) groups is 2. The van der Waals surface area contributed by atoms with E-state index in [0.29, 0.717) is 19.8 Å². The van der Waals surface area contributed by atoms with Crippen molar-refractivity contribution >= 4 is 18.0 Å². The third kappa shape index (κ3) is 4.65. The predicted octanol–water partition coefficient (Wildman–Crippen LogP) is 1.04. The average Bonchev–Trinajstić information content (AvgIpc) is 3.17. The summed E-state index contributed by atoms with van der Waals surface area (Å²) >= 11 is 0. The van der Waals surface area contributed by atoms with E-state index >= 15 is 0 Å². The van der Waals surface area contributed by atoms with Gasteiger partial charge in [0, 0.05) is 45.1 Å². The smallest absolute Gasteiger partial charge is 0.239 e. The number of amides is 1. The van der Waals surface area contributed by atoms with Gasteiger partial charge in [0.05, 0.1) is 38.2 Å². The molecule has 1 amide bonds. The summed E-state index contributed by atoms with van der Waals surface area (Å²) in [5, 5.41) is 3.60. The molecule has 9 heteroatoms. The molecular formula is C25H34N6O3. The third-order valence-corrected chi connectivity index (χ3v) is 7.09. The molecule has 1 aromatic rings. The van der Waals surface area contributed by atoms with Crippen LogP contribution in [0.4, 0.5) is 0 Å². The Hall–Kier alpha value is -2.59. The summed E-state index contributed by atoms with van der Waals surface area (Å²) in [4.78, 5) is 29.1.